The van der Waals surface area contributed by atoms with Gasteiger partial charge in [-0.05, 0) is 37.9 Å². The lowest BCUT2D eigenvalue weighted by Gasteiger charge is -2.41. The lowest BCUT2D eigenvalue weighted by molar-refractivity contribution is -0.385. The summed E-state index contributed by atoms with van der Waals surface area (Å²) in [5.41, 5.74) is 0.0431. The fourth-order valence-corrected chi connectivity index (χ4v) is 2.86. The third-order valence-electron chi connectivity index (χ3n) is 4.32. The molecule has 1 aromatic rings. The van der Waals surface area contributed by atoms with Crippen LogP contribution in [0.5, 0.6) is 5.75 Å². The van der Waals surface area contributed by atoms with Gasteiger partial charge in [-0.2, -0.15) is 0 Å². The Balaban J connectivity index is 1.49. The Kier molecular flexibility index (Phi) is 4.36. The number of rotatable bonds is 5. The first-order valence-electron chi connectivity index (χ1n) is 7.42. The van der Waals surface area contributed by atoms with Crippen molar-refractivity contribution in [2.24, 2.45) is 5.92 Å². The Morgan fingerprint density at radius 2 is 2.00 bits per heavy atom. The van der Waals surface area contributed by atoms with Crippen LogP contribution < -0.4 is 4.74 Å². The molecule has 6 nitrogen and oxygen atoms in total. The molecular formula is C15H20N2O4. The van der Waals surface area contributed by atoms with E-state index in [0.29, 0.717) is 24.3 Å². The topological polar surface area (TPSA) is 64.8 Å². The third kappa shape index (κ3) is 3.33. The molecule has 1 aromatic carbocycles. The van der Waals surface area contributed by atoms with Gasteiger partial charge in [-0.1, -0.05) is 12.1 Å². The number of nitro benzene ring substituents is 1. The van der Waals surface area contributed by atoms with Gasteiger partial charge in [-0.25, -0.2) is 0 Å². The minimum atomic E-state index is -0.394. The van der Waals surface area contributed by atoms with Crippen LogP contribution in [-0.2, 0) is 4.74 Å². The molecule has 2 saturated heterocycles. The first kappa shape index (κ1) is 14.3. The molecule has 0 N–H and O–H groups in total. The van der Waals surface area contributed by atoms with Crippen molar-refractivity contribution in [3.8, 4) is 5.75 Å². The van der Waals surface area contributed by atoms with Crippen LogP contribution in [0.1, 0.15) is 12.8 Å². The maximum absolute atomic E-state index is 10.9. The van der Waals surface area contributed by atoms with E-state index >= 15 is 0 Å². The van der Waals surface area contributed by atoms with E-state index < -0.39 is 4.92 Å². The first-order valence-corrected chi connectivity index (χ1v) is 7.42. The van der Waals surface area contributed by atoms with Crippen LogP contribution in [0.2, 0.25) is 0 Å². The number of nitrogens with zero attached hydrogens (tertiary/aromatic N) is 2. The smallest absolute Gasteiger partial charge is 0.310 e. The molecule has 2 heterocycles. The van der Waals surface area contributed by atoms with E-state index in [4.69, 9.17) is 9.47 Å². The minimum absolute atomic E-state index is 0.0431. The van der Waals surface area contributed by atoms with Gasteiger partial charge in [0.25, 0.3) is 0 Å². The largest absolute Gasteiger partial charge is 0.487 e. The highest BCUT2D eigenvalue weighted by atomic mass is 16.6. The molecule has 2 aliphatic heterocycles. The lowest BCUT2D eigenvalue weighted by atomic mass is 9.96. The van der Waals surface area contributed by atoms with E-state index in [9.17, 15) is 10.1 Å². The van der Waals surface area contributed by atoms with Crippen LogP contribution in [0.25, 0.3) is 0 Å². The number of hydrogen-bond acceptors (Lipinski definition) is 5. The van der Waals surface area contributed by atoms with Crippen molar-refractivity contribution in [3.05, 3.63) is 34.4 Å². The Bertz CT molecular complexity index is 496. The van der Waals surface area contributed by atoms with E-state index in [1.54, 1.807) is 18.2 Å². The molecule has 0 unspecified atom stereocenters. The Labute approximate surface area is 123 Å². The van der Waals surface area contributed by atoms with Crippen molar-refractivity contribution in [1.82, 2.24) is 4.90 Å². The van der Waals surface area contributed by atoms with Gasteiger partial charge in [-0.15, -0.1) is 0 Å². The normalized spacial score (nSPS) is 21.0. The van der Waals surface area contributed by atoms with Gasteiger partial charge in [-0.3, -0.25) is 15.0 Å². The van der Waals surface area contributed by atoms with Crippen molar-refractivity contribution in [3.63, 3.8) is 0 Å². The Morgan fingerprint density at radius 3 is 2.62 bits per heavy atom. The number of likely N-dealkylation sites (tertiary alicyclic amines) is 1. The molecule has 2 fully saturated rings. The summed E-state index contributed by atoms with van der Waals surface area (Å²) in [5, 5.41) is 10.9. The van der Waals surface area contributed by atoms with Gasteiger partial charge in [0.05, 0.1) is 30.8 Å². The molecule has 114 valence electrons. The lowest BCUT2D eigenvalue weighted by Crippen LogP contribution is -2.52. The molecule has 0 saturated carbocycles. The molecule has 2 aliphatic rings. The quantitative estimate of drug-likeness (QED) is 0.614. The molecule has 0 aliphatic carbocycles. The third-order valence-corrected chi connectivity index (χ3v) is 4.32. The molecule has 0 aromatic heterocycles. The van der Waals surface area contributed by atoms with Gasteiger partial charge in [0.2, 0.25) is 0 Å². The maximum atomic E-state index is 10.9. The van der Waals surface area contributed by atoms with Gasteiger partial charge in [0.1, 0.15) is 0 Å². The molecule has 0 bridgehead atoms. The molecule has 6 heteroatoms. The van der Waals surface area contributed by atoms with E-state index in [2.05, 4.69) is 4.90 Å². The van der Waals surface area contributed by atoms with Gasteiger partial charge in [0.15, 0.2) is 5.75 Å². The summed E-state index contributed by atoms with van der Waals surface area (Å²) >= 11 is 0. The maximum Gasteiger partial charge on any atom is 0.310 e. The van der Waals surface area contributed by atoms with Crippen molar-refractivity contribution in [2.75, 3.05) is 32.9 Å². The van der Waals surface area contributed by atoms with Gasteiger partial charge < -0.3 is 9.47 Å². The van der Waals surface area contributed by atoms with E-state index in [0.717, 1.165) is 39.1 Å². The van der Waals surface area contributed by atoms with Crippen LogP contribution >= 0.6 is 0 Å². The monoisotopic (exact) mass is 292 g/mol. The summed E-state index contributed by atoms with van der Waals surface area (Å²) in [4.78, 5) is 13.0. The standard InChI is InChI=1S/C15H20N2O4/c18-17(19)14-3-1-2-4-15(14)21-9-12-5-7-16(8-6-12)13-10-20-11-13/h1-4,12-13H,5-11H2. The average molecular weight is 292 g/mol. The predicted molar refractivity (Wildman–Crippen MR) is 77.5 cm³/mol. The minimum Gasteiger partial charge on any atom is -0.487 e. The second-order valence-electron chi connectivity index (χ2n) is 5.71. The zero-order valence-electron chi connectivity index (χ0n) is 11.9. The number of para-hydroxylation sites is 2. The van der Waals surface area contributed by atoms with Crippen molar-refractivity contribution < 1.29 is 14.4 Å². The Morgan fingerprint density at radius 1 is 1.29 bits per heavy atom. The Hall–Kier alpha value is -1.66. The van der Waals surface area contributed by atoms with E-state index in [1.807, 2.05) is 0 Å². The molecule has 0 radical (unpaired) electrons. The second-order valence-corrected chi connectivity index (χ2v) is 5.71. The van der Waals surface area contributed by atoms with Crippen LogP contribution in [0, 0.1) is 16.0 Å². The number of nitro groups is 1. The molecular weight excluding hydrogens is 272 g/mol. The van der Waals surface area contributed by atoms with Crippen molar-refractivity contribution >= 4 is 5.69 Å². The zero-order valence-corrected chi connectivity index (χ0v) is 11.9. The summed E-state index contributed by atoms with van der Waals surface area (Å²) in [6.45, 7) is 4.41. The van der Waals surface area contributed by atoms with Crippen molar-refractivity contribution in [2.45, 2.75) is 18.9 Å². The molecule has 0 atom stereocenters. The number of benzene rings is 1. The molecule has 0 spiro atoms. The predicted octanol–water partition coefficient (Wildman–Crippen LogP) is 2.08. The van der Waals surface area contributed by atoms with Crippen LogP contribution in [0.4, 0.5) is 5.69 Å². The van der Waals surface area contributed by atoms with Crippen LogP contribution in [0.3, 0.4) is 0 Å². The van der Waals surface area contributed by atoms with Crippen LogP contribution in [-0.4, -0.2) is 48.8 Å². The summed E-state index contributed by atoms with van der Waals surface area (Å²) in [6.07, 6.45) is 2.16. The summed E-state index contributed by atoms with van der Waals surface area (Å²) < 4.78 is 10.9. The van der Waals surface area contributed by atoms with Crippen LogP contribution in [0.15, 0.2) is 24.3 Å². The summed E-state index contributed by atoms with van der Waals surface area (Å²) in [5.74, 6) is 0.847. The molecule has 3 rings (SSSR count). The SMILES string of the molecule is O=[N+]([O-])c1ccccc1OCC1CCN(C2COC2)CC1. The highest BCUT2D eigenvalue weighted by Gasteiger charge is 2.30. The number of hydrogen-bond donors (Lipinski definition) is 0. The second kappa shape index (κ2) is 6.41. The number of ether oxygens (including phenoxy) is 2. The molecule has 21 heavy (non-hydrogen) atoms. The number of piperidine rings is 1. The van der Waals surface area contributed by atoms with Crippen molar-refractivity contribution in [1.29, 1.82) is 0 Å². The van der Waals surface area contributed by atoms with Gasteiger partial charge >= 0.3 is 5.69 Å². The summed E-state index contributed by atoms with van der Waals surface area (Å²) in [6, 6.07) is 7.17. The average Bonchev–Trinajstić information content (AvgIpc) is 2.45. The summed E-state index contributed by atoms with van der Waals surface area (Å²) in [7, 11) is 0. The van der Waals surface area contributed by atoms with Gasteiger partial charge in [0, 0.05) is 6.07 Å². The first-order chi connectivity index (χ1) is 10.2. The zero-order chi connectivity index (χ0) is 14.7. The van der Waals surface area contributed by atoms with E-state index in [1.165, 1.54) is 6.07 Å². The molecule has 0 amide bonds. The highest BCUT2D eigenvalue weighted by molar-refractivity contribution is 5.45. The van der Waals surface area contributed by atoms with E-state index in [-0.39, 0.29) is 5.69 Å². The fourth-order valence-electron chi connectivity index (χ4n) is 2.86. The highest BCUT2D eigenvalue weighted by Crippen LogP contribution is 2.28. The fraction of sp³-hybridized carbons (Fsp3) is 0.600.